The number of hydrogen-bond donors (Lipinski definition) is 1. The summed E-state index contributed by atoms with van der Waals surface area (Å²) in [5.41, 5.74) is 1.46. The molecule has 1 saturated heterocycles. The van der Waals surface area contributed by atoms with E-state index in [9.17, 15) is 0 Å². The van der Waals surface area contributed by atoms with Crippen molar-refractivity contribution in [3.8, 4) is 0 Å². The van der Waals surface area contributed by atoms with Gasteiger partial charge in [-0.3, -0.25) is 9.62 Å². The first-order chi connectivity index (χ1) is 11.2. The van der Waals surface area contributed by atoms with Crippen LogP contribution in [-0.4, -0.2) is 24.0 Å². The first-order valence-electron chi connectivity index (χ1n) is 9.43. The maximum absolute atomic E-state index is 3.50. The van der Waals surface area contributed by atoms with E-state index in [1.54, 1.807) is 11.9 Å². The highest BCUT2D eigenvalue weighted by atomic mass is 32.2. The van der Waals surface area contributed by atoms with Gasteiger partial charge in [-0.15, -0.1) is 0 Å². The molecular formula is C20H34N2S. The molecule has 0 amide bonds. The molecule has 3 heteroatoms. The van der Waals surface area contributed by atoms with E-state index in [-0.39, 0.29) is 0 Å². The van der Waals surface area contributed by atoms with Gasteiger partial charge in [0, 0.05) is 24.0 Å². The smallest absolute Gasteiger partial charge is 0.0237 e. The molecule has 0 spiro atoms. The van der Waals surface area contributed by atoms with Gasteiger partial charge in [0.2, 0.25) is 0 Å². The molecule has 0 aromatic heterocycles. The minimum atomic E-state index is 0.757. The molecule has 0 bridgehead atoms. The fraction of sp³-hybridized carbons (Fsp3) is 0.700. The zero-order valence-corrected chi connectivity index (χ0v) is 16.0. The van der Waals surface area contributed by atoms with Gasteiger partial charge in [0.25, 0.3) is 0 Å². The van der Waals surface area contributed by atoms with Gasteiger partial charge in [-0.05, 0) is 61.4 Å². The van der Waals surface area contributed by atoms with Crippen molar-refractivity contribution in [3.63, 3.8) is 0 Å². The molecule has 1 aliphatic rings. The van der Waals surface area contributed by atoms with E-state index in [1.165, 1.54) is 55.5 Å². The molecule has 1 heterocycles. The molecule has 1 fully saturated rings. The van der Waals surface area contributed by atoms with Crippen molar-refractivity contribution in [1.82, 2.24) is 9.62 Å². The number of unbranched alkanes of at least 4 members (excludes halogenated alkanes) is 2. The zero-order valence-electron chi connectivity index (χ0n) is 15.2. The van der Waals surface area contributed by atoms with Crippen LogP contribution in [0.15, 0.2) is 29.2 Å². The summed E-state index contributed by atoms with van der Waals surface area (Å²) < 4.78 is 3.50. The average Bonchev–Trinajstić information content (AvgIpc) is 2.55. The number of likely N-dealkylation sites (tertiary alicyclic amines) is 1. The molecule has 23 heavy (non-hydrogen) atoms. The van der Waals surface area contributed by atoms with Crippen LogP contribution in [0.25, 0.3) is 0 Å². The number of piperidine rings is 1. The minimum Gasteiger partial charge on any atom is -0.296 e. The largest absolute Gasteiger partial charge is 0.296 e. The Morgan fingerprint density at radius 1 is 1.26 bits per heavy atom. The summed E-state index contributed by atoms with van der Waals surface area (Å²) in [7, 11) is 0. The fourth-order valence-corrected chi connectivity index (χ4v) is 4.26. The van der Waals surface area contributed by atoms with Gasteiger partial charge in [-0.2, -0.15) is 0 Å². The average molecular weight is 335 g/mol. The number of hydrogen-bond acceptors (Lipinski definition) is 3. The van der Waals surface area contributed by atoms with Crippen LogP contribution in [0.1, 0.15) is 64.9 Å². The molecule has 1 aromatic rings. The second kappa shape index (κ2) is 10.4. The van der Waals surface area contributed by atoms with Gasteiger partial charge in [0.15, 0.2) is 0 Å². The molecule has 130 valence electrons. The lowest BCUT2D eigenvalue weighted by Gasteiger charge is -2.38. The third kappa shape index (κ3) is 6.48. The molecule has 1 N–H and O–H groups in total. The third-order valence-electron chi connectivity index (χ3n) is 4.79. The number of nitrogens with one attached hydrogen (secondary N) is 1. The Labute approximate surface area is 147 Å². The molecule has 1 unspecified atom stereocenters. The fourth-order valence-electron chi connectivity index (χ4n) is 3.49. The van der Waals surface area contributed by atoms with E-state index in [4.69, 9.17) is 0 Å². The Balaban J connectivity index is 1.86. The van der Waals surface area contributed by atoms with Crippen LogP contribution in [0.5, 0.6) is 0 Å². The highest BCUT2D eigenvalue weighted by Gasteiger charge is 2.24. The highest BCUT2D eigenvalue weighted by molar-refractivity contribution is 7.97. The maximum Gasteiger partial charge on any atom is 0.0237 e. The van der Waals surface area contributed by atoms with E-state index in [0.717, 1.165) is 25.0 Å². The lowest BCUT2D eigenvalue weighted by Crippen LogP contribution is -2.42. The number of nitrogens with zero attached hydrogens (tertiary/aromatic N) is 1. The van der Waals surface area contributed by atoms with Gasteiger partial charge >= 0.3 is 0 Å². The summed E-state index contributed by atoms with van der Waals surface area (Å²) >= 11 is 1.79. The molecule has 1 aromatic carbocycles. The first kappa shape index (κ1) is 18.8. The molecule has 0 aliphatic carbocycles. The van der Waals surface area contributed by atoms with Crippen molar-refractivity contribution < 1.29 is 0 Å². The monoisotopic (exact) mass is 334 g/mol. The summed E-state index contributed by atoms with van der Waals surface area (Å²) in [6.45, 7) is 10.5. The van der Waals surface area contributed by atoms with E-state index in [1.807, 2.05) is 0 Å². The van der Waals surface area contributed by atoms with Crippen LogP contribution in [0.4, 0.5) is 0 Å². The van der Waals surface area contributed by atoms with E-state index < -0.39 is 0 Å². The Morgan fingerprint density at radius 3 is 2.91 bits per heavy atom. The summed E-state index contributed by atoms with van der Waals surface area (Å²) in [6.07, 6.45) is 8.00. The van der Waals surface area contributed by atoms with Crippen LogP contribution in [0.2, 0.25) is 0 Å². The van der Waals surface area contributed by atoms with Gasteiger partial charge < -0.3 is 0 Å². The number of benzene rings is 1. The second-order valence-corrected chi connectivity index (χ2v) is 8.09. The van der Waals surface area contributed by atoms with Crippen molar-refractivity contribution in [2.45, 2.75) is 76.8 Å². The lowest BCUT2D eigenvalue weighted by molar-refractivity contribution is 0.104. The van der Waals surface area contributed by atoms with E-state index in [2.05, 4.69) is 54.7 Å². The molecular weight excluding hydrogens is 300 g/mol. The van der Waals surface area contributed by atoms with Crippen LogP contribution in [0.3, 0.4) is 0 Å². The second-order valence-electron chi connectivity index (χ2n) is 7.13. The van der Waals surface area contributed by atoms with E-state index >= 15 is 0 Å². The quantitative estimate of drug-likeness (QED) is 0.475. The maximum atomic E-state index is 3.50. The summed E-state index contributed by atoms with van der Waals surface area (Å²) in [5, 5.41) is 0. The predicted molar refractivity (Wildman–Crippen MR) is 103 cm³/mol. The Hall–Kier alpha value is -0.510. The predicted octanol–water partition coefficient (Wildman–Crippen LogP) is 5.48. The Kier molecular flexibility index (Phi) is 8.49. The van der Waals surface area contributed by atoms with E-state index in [0.29, 0.717) is 0 Å². The molecule has 1 atom stereocenters. The van der Waals surface area contributed by atoms with Crippen molar-refractivity contribution in [2.75, 3.05) is 13.1 Å². The number of rotatable bonds is 9. The minimum absolute atomic E-state index is 0.757. The SMILES string of the molecule is CCCCCNSc1cccc(CN2CCCCC2C(C)C)c1. The zero-order chi connectivity index (χ0) is 16.5. The molecule has 1 aliphatic heterocycles. The molecule has 2 nitrogen and oxygen atoms in total. The Morgan fingerprint density at radius 2 is 2.13 bits per heavy atom. The van der Waals surface area contributed by atoms with Crippen LogP contribution < -0.4 is 4.72 Å². The normalized spacial score (nSPS) is 19.4. The topological polar surface area (TPSA) is 15.3 Å². The highest BCUT2D eigenvalue weighted by Crippen LogP contribution is 2.26. The van der Waals surface area contributed by atoms with Gasteiger partial charge in [-0.1, -0.05) is 52.2 Å². The summed E-state index contributed by atoms with van der Waals surface area (Å²) in [6, 6.07) is 9.83. The standard InChI is InChI=1S/C20H34N2S/c1-4-5-7-13-21-23-19-11-9-10-18(15-19)16-22-14-8-6-12-20(22)17(2)3/h9-11,15,17,20-21H,4-8,12-14,16H2,1-3H3. The Bertz CT molecular complexity index is 447. The van der Waals surface area contributed by atoms with Crippen LogP contribution in [0, 0.1) is 5.92 Å². The molecule has 2 rings (SSSR count). The van der Waals surface area contributed by atoms with Crippen LogP contribution in [-0.2, 0) is 6.54 Å². The first-order valence-corrected chi connectivity index (χ1v) is 10.2. The van der Waals surface area contributed by atoms with Gasteiger partial charge in [-0.25, -0.2) is 0 Å². The molecule has 0 saturated carbocycles. The van der Waals surface area contributed by atoms with Crippen molar-refractivity contribution in [1.29, 1.82) is 0 Å². The molecule has 0 radical (unpaired) electrons. The van der Waals surface area contributed by atoms with Gasteiger partial charge in [0.1, 0.15) is 0 Å². The van der Waals surface area contributed by atoms with Crippen molar-refractivity contribution >= 4 is 11.9 Å². The van der Waals surface area contributed by atoms with Gasteiger partial charge in [0.05, 0.1) is 0 Å². The summed E-state index contributed by atoms with van der Waals surface area (Å²) in [4.78, 5) is 4.05. The van der Waals surface area contributed by atoms with Crippen LogP contribution >= 0.6 is 11.9 Å². The lowest BCUT2D eigenvalue weighted by atomic mass is 9.92. The summed E-state index contributed by atoms with van der Waals surface area (Å²) in [5.74, 6) is 0.757. The third-order valence-corrected chi connectivity index (χ3v) is 5.63. The van der Waals surface area contributed by atoms with Crippen molar-refractivity contribution in [3.05, 3.63) is 29.8 Å². The van der Waals surface area contributed by atoms with Crippen molar-refractivity contribution in [2.24, 2.45) is 5.92 Å².